The quantitative estimate of drug-likeness (QED) is 0.928. The second-order valence-corrected chi connectivity index (χ2v) is 5.36. The highest BCUT2D eigenvalue weighted by atomic mass is 35.5. The molecule has 0 fully saturated rings. The van der Waals surface area contributed by atoms with E-state index in [-0.39, 0.29) is 11.7 Å². The van der Waals surface area contributed by atoms with E-state index in [1.165, 1.54) is 12.1 Å². The molecule has 21 heavy (non-hydrogen) atoms. The molecule has 1 aliphatic heterocycles. The molecule has 0 saturated heterocycles. The Hall–Kier alpha value is -2.20. The lowest BCUT2D eigenvalue weighted by Gasteiger charge is -2.32. The second-order valence-electron chi connectivity index (χ2n) is 4.95. The van der Waals surface area contributed by atoms with E-state index < -0.39 is 6.10 Å². The number of fused-ring (bicyclic) bond motifs is 1. The van der Waals surface area contributed by atoms with Crippen LogP contribution >= 0.6 is 11.6 Å². The normalized spacial score (nSPS) is 17.3. The molecule has 1 amide bonds. The molecule has 1 heterocycles. The smallest absolute Gasteiger partial charge is 0.268 e. The van der Waals surface area contributed by atoms with Crippen LogP contribution in [0.3, 0.4) is 0 Å². The number of phenolic OH excluding ortho intramolecular Hbond substituents is 1. The van der Waals surface area contributed by atoms with Crippen molar-refractivity contribution in [2.75, 3.05) is 11.9 Å². The molecule has 0 saturated carbocycles. The van der Waals surface area contributed by atoms with Crippen LogP contribution in [0.4, 0.5) is 5.69 Å². The molecule has 108 valence electrons. The number of anilines is 1. The van der Waals surface area contributed by atoms with Crippen LogP contribution in [0.5, 0.6) is 11.5 Å². The van der Waals surface area contributed by atoms with Gasteiger partial charge in [0.25, 0.3) is 5.91 Å². The summed E-state index contributed by atoms with van der Waals surface area (Å²) >= 11 is 6.13. The third-order valence-corrected chi connectivity index (χ3v) is 3.91. The Kier molecular flexibility index (Phi) is 3.47. The Morgan fingerprint density at radius 1 is 1.29 bits per heavy atom. The molecule has 1 N–H and O–H groups in total. The van der Waals surface area contributed by atoms with Gasteiger partial charge in [0.05, 0.1) is 5.69 Å². The summed E-state index contributed by atoms with van der Waals surface area (Å²) < 4.78 is 5.74. The van der Waals surface area contributed by atoms with E-state index in [1.807, 2.05) is 18.2 Å². The monoisotopic (exact) mass is 303 g/mol. The highest BCUT2D eigenvalue weighted by molar-refractivity contribution is 6.31. The van der Waals surface area contributed by atoms with Crippen molar-refractivity contribution in [1.82, 2.24) is 0 Å². The van der Waals surface area contributed by atoms with Crippen LogP contribution in [0, 0.1) is 0 Å². The van der Waals surface area contributed by atoms with Gasteiger partial charge in [0.2, 0.25) is 0 Å². The van der Waals surface area contributed by atoms with Gasteiger partial charge in [-0.05, 0) is 23.8 Å². The Morgan fingerprint density at radius 3 is 2.81 bits per heavy atom. The predicted octanol–water partition coefficient (Wildman–Crippen LogP) is 3.01. The number of aromatic hydroxyl groups is 1. The van der Waals surface area contributed by atoms with Crippen LogP contribution in [0.1, 0.15) is 5.56 Å². The van der Waals surface area contributed by atoms with Crippen molar-refractivity contribution in [3.63, 3.8) is 0 Å². The molecule has 4 nitrogen and oxygen atoms in total. The third kappa shape index (κ3) is 2.54. The van der Waals surface area contributed by atoms with E-state index in [9.17, 15) is 9.90 Å². The van der Waals surface area contributed by atoms with Crippen molar-refractivity contribution in [3.05, 3.63) is 53.1 Å². The lowest BCUT2D eigenvalue weighted by molar-refractivity contribution is -0.125. The average Bonchev–Trinajstić information content (AvgIpc) is 2.46. The number of phenols is 1. The van der Waals surface area contributed by atoms with Gasteiger partial charge in [0.1, 0.15) is 11.5 Å². The van der Waals surface area contributed by atoms with Gasteiger partial charge in [-0.15, -0.1) is 0 Å². The summed E-state index contributed by atoms with van der Waals surface area (Å²) in [6.45, 7) is 0. The first-order valence-electron chi connectivity index (χ1n) is 6.57. The largest absolute Gasteiger partial charge is 0.508 e. The van der Waals surface area contributed by atoms with E-state index in [1.54, 1.807) is 24.1 Å². The van der Waals surface area contributed by atoms with Crippen LogP contribution in [0.2, 0.25) is 5.02 Å². The topological polar surface area (TPSA) is 49.8 Å². The summed E-state index contributed by atoms with van der Waals surface area (Å²) in [5.74, 6) is 0.468. The molecule has 1 atom stereocenters. The van der Waals surface area contributed by atoms with E-state index in [4.69, 9.17) is 16.3 Å². The minimum Gasteiger partial charge on any atom is -0.508 e. The number of hydrogen-bond acceptors (Lipinski definition) is 3. The zero-order valence-electron chi connectivity index (χ0n) is 11.4. The van der Waals surface area contributed by atoms with Crippen LogP contribution in [-0.2, 0) is 11.2 Å². The standard InChI is InChI=1S/C16H14ClNO3/c1-18-13-7-6-11(19)9-14(13)21-15(16(18)20)8-10-4-2-3-5-12(10)17/h2-7,9,15,19H,8H2,1H3. The minimum atomic E-state index is -0.649. The van der Waals surface area contributed by atoms with Gasteiger partial charge in [-0.3, -0.25) is 4.79 Å². The van der Waals surface area contributed by atoms with Gasteiger partial charge in [0, 0.05) is 24.6 Å². The van der Waals surface area contributed by atoms with Crippen molar-refractivity contribution >= 4 is 23.2 Å². The molecule has 5 heteroatoms. The summed E-state index contributed by atoms with van der Waals surface area (Å²) in [4.78, 5) is 13.9. The fraction of sp³-hybridized carbons (Fsp3) is 0.188. The highest BCUT2D eigenvalue weighted by Crippen LogP contribution is 2.36. The van der Waals surface area contributed by atoms with E-state index in [0.29, 0.717) is 22.9 Å². The SMILES string of the molecule is CN1C(=O)C(Cc2ccccc2Cl)Oc2cc(O)ccc21. The van der Waals surface area contributed by atoms with Crippen LogP contribution in [-0.4, -0.2) is 24.2 Å². The predicted molar refractivity (Wildman–Crippen MR) is 81.1 cm³/mol. The van der Waals surface area contributed by atoms with E-state index >= 15 is 0 Å². The molecule has 2 aromatic carbocycles. The van der Waals surface area contributed by atoms with Crippen molar-refractivity contribution in [2.24, 2.45) is 0 Å². The number of carbonyl (C=O) groups excluding carboxylic acids is 1. The number of carbonyl (C=O) groups is 1. The van der Waals surface area contributed by atoms with Crippen molar-refractivity contribution in [3.8, 4) is 11.5 Å². The molecular weight excluding hydrogens is 290 g/mol. The Bertz CT molecular complexity index is 702. The maximum atomic E-state index is 12.4. The number of rotatable bonds is 2. The number of ether oxygens (including phenoxy) is 1. The molecule has 0 spiro atoms. The molecule has 2 aromatic rings. The third-order valence-electron chi connectivity index (χ3n) is 3.54. The fourth-order valence-electron chi connectivity index (χ4n) is 2.41. The first-order valence-corrected chi connectivity index (χ1v) is 6.94. The van der Waals surface area contributed by atoms with Crippen LogP contribution in [0.25, 0.3) is 0 Å². The zero-order valence-corrected chi connectivity index (χ0v) is 12.2. The Balaban J connectivity index is 1.91. The molecule has 1 unspecified atom stereocenters. The maximum absolute atomic E-state index is 12.4. The fourth-order valence-corrected chi connectivity index (χ4v) is 2.62. The van der Waals surface area contributed by atoms with Crippen LogP contribution in [0.15, 0.2) is 42.5 Å². The Morgan fingerprint density at radius 2 is 2.05 bits per heavy atom. The van der Waals surface area contributed by atoms with Crippen LogP contribution < -0.4 is 9.64 Å². The van der Waals surface area contributed by atoms with Crippen molar-refractivity contribution in [2.45, 2.75) is 12.5 Å². The number of halogens is 1. The summed E-state index contributed by atoms with van der Waals surface area (Å²) in [6, 6.07) is 12.1. The number of amides is 1. The summed E-state index contributed by atoms with van der Waals surface area (Å²) in [5, 5.41) is 10.2. The average molecular weight is 304 g/mol. The summed E-state index contributed by atoms with van der Waals surface area (Å²) in [6.07, 6.45) is -0.262. The van der Waals surface area contributed by atoms with Gasteiger partial charge >= 0.3 is 0 Å². The van der Waals surface area contributed by atoms with E-state index in [2.05, 4.69) is 0 Å². The molecule has 0 radical (unpaired) electrons. The van der Waals surface area contributed by atoms with E-state index in [0.717, 1.165) is 5.56 Å². The first kappa shape index (κ1) is 13.8. The molecule has 0 aliphatic carbocycles. The molecule has 1 aliphatic rings. The van der Waals surface area contributed by atoms with Crippen molar-refractivity contribution < 1.29 is 14.6 Å². The zero-order chi connectivity index (χ0) is 15.0. The van der Waals surface area contributed by atoms with Gasteiger partial charge < -0.3 is 14.7 Å². The second kappa shape index (κ2) is 5.30. The van der Waals surface area contributed by atoms with Gasteiger partial charge in [0.15, 0.2) is 6.10 Å². The minimum absolute atomic E-state index is 0.105. The number of likely N-dealkylation sites (N-methyl/N-ethyl adjacent to an activating group) is 1. The van der Waals surface area contributed by atoms with Gasteiger partial charge in [-0.25, -0.2) is 0 Å². The molecule has 0 aromatic heterocycles. The lowest BCUT2D eigenvalue weighted by Crippen LogP contribution is -2.44. The summed E-state index contributed by atoms with van der Waals surface area (Å²) in [5.41, 5.74) is 1.50. The van der Waals surface area contributed by atoms with Crippen molar-refractivity contribution in [1.29, 1.82) is 0 Å². The van der Waals surface area contributed by atoms with Gasteiger partial charge in [-0.2, -0.15) is 0 Å². The number of hydrogen-bond donors (Lipinski definition) is 1. The lowest BCUT2D eigenvalue weighted by atomic mass is 10.0. The van der Waals surface area contributed by atoms with Gasteiger partial charge in [-0.1, -0.05) is 29.8 Å². The molecule has 3 rings (SSSR count). The first-order chi connectivity index (χ1) is 10.1. The molecular formula is C16H14ClNO3. The molecule has 0 bridgehead atoms. The number of benzene rings is 2. The maximum Gasteiger partial charge on any atom is 0.268 e. The Labute approximate surface area is 127 Å². The summed E-state index contributed by atoms with van der Waals surface area (Å²) in [7, 11) is 1.69. The number of nitrogens with zero attached hydrogens (tertiary/aromatic N) is 1. The highest BCUT2D eigenvalue weighted by Gasteiger charge is 2.32.